The highest BCUT2D eigenvalue weighted by Gasteiger charge is 2.21. The van der Waals surface area contributed by atoms with Crippen LogP contribution in [0.2, 0.25) is 0 Å². The monoisotopic (exact) mass is 319 g/mol. The molecule has 2 heterocycles. The SMILES string of the molecule is O=C(NCc1ccc(Br)s1)C1CCCCS1. The summed E-state index contributed by atoms with van der Waals surface area (Å²) in [5, 5.41) is 3.19. The lowest BCUT2D eigenvalue weighted by molar-refractivity contribution is -0.120. The van der Waals surface area contributed by atoms with Crippen LogP contribution in [0, 0.1) is 0 Å². The van der Waals surface area contributed by atoms with Gasteiger partial charge in [0.15, 0.2) is 0 Å². The number of amides is 1. The largest absolute Gasteiger partial charge is 0.350 e. The molecule has 2 rings (SSSR count). The third kappa shape index (κ3) is 3.50. The van der Waals surface area contributed by atoms with E-state index in [2.05, 4.69) is 21.2 Å². The fourth-order valence-corrected chi connectivity index (χ4v) is 4.33. The minimum atomic E-state index is 0.178. The van der Waals surface area contributed by atoms with E-state index >= 15 is 0 Å². The van der Waals surface area contributed by atoms with E-state index in [0.717, 1.165) is 16.0 Å². The van der Waals surface area contributed by atoms with Crippen LogP contribution in [0.3, 0.4) is 0 Å². The fourth-order valence-electron chi connectivity index (χ4n) is 1.68. The van der Waals surface area contributed by atoms with Crippen LogP contribution >= 0.6 is 39.0 Å². The molecule has 1 aliphatic rings. The molecule has 0 saturated carbocycles. The molecule has 1 fully saturated rings. The molecule has 5 heteroatoms. The van der Waals surface area contributed by atoms with Gasteiger partial charge in [0.05, 0.1) is 15.6 Å². The number of carbonyl (C=O) groups is 1. The number of hydrogen-bond acceptors (Lipinski definition) is 3. The first-order valence-electron chi connectivity index (χ1n) is 5.39. The van der Waals surface area contributed by atoms with Gasteiger partial charge in [-0.25, -0.2) is 0 Å². The van der Waals surface area contributed by atoms with Crippen molar-refractivity contribution in [2.45, 2.75) is 31.1 Å². The van der Waals surface area contributed by atoms with Crippen LogP contribution in [-0.2, 0) is 11.3 Å². The quantitative estimate of drug-likeness (QED) is 0.925. The molecule has 1 N–H and O–H groups in total. The minimum Gasteiger partial charge on any atom is -0.350 e. The van der Waals surface area contributed by atoms with E-state index in [4.69, 9.17) is 0 Å². The average molecular weight is 320 g/mol. The molecule has 0 spiro atoms. The van der Waals surface area contributed by atoms with Crippen molar-refractivity contribution in [1.82, 2.24) is 5.32 Å². The minimum absolute atomic E-state index is 0.178. The standard InChI is InChI=1S/C11H14BrNOS2/c12-10-5-4-8(16-10)7-13-11(14)9-3-1-2-6-15-9/h4-5,9H,1-3,6-7H2,(H,13,14). The molecule has 0 bridgehead atoms. The smallest absolute Gasteiger partial charge is 0.233 e. The van der Waals surface area contributed by atoms with Crippen molar-refractivity contribution < 1.29 is 4.79 Å². The molecule has 1 saturated heterocycles. The Morgan fingerprint density at radius 3 is 3.00 bits per heavy atom. The Bertz CT molecular complexity index is 361. The molecule has 0 aromatic carbocycles. The summed E-state index contributed by atoms with van der Waals surface area (Å²) >= 11 is 6.88. The summed E-state index contributed by atoms with van der Waals surface area (Å²) in [6.07, 6.45) is 3.48. The van der Waals surface area contributed by atoms with Gasteiger partial charge < -0.3 is 5.32 Å². The Morgan fingerprint density at radius 1 is 1.50 bits per heavy atom. The van der Waals surface area contributed by atoms with Gasteiger partial charge in [-0.2, -0.15) is 0 Å². The van der Waals surface area contributed by atoms with Gasteiger partial charge in [-0.3, -0.25) is 4.79 Å². The van der Waals surface area contributed by atoms with E-state index in [9.17, 15) is 4.79 Å². The molecule has 1 unspecified atom stereocenters. The maximum atomic E-state index is 11.8. The molecule has 0 aliphatic carbocycles. The van der Waals surface area contributed by atoms with Gasteiger partial charge in [0.2, 0.25) is 5.91 Å². The number of halogens is 1. The van der Waals surface area contributed by atoms with E-state index in [1.54, 1.807) is 23.1 Å². The van der Waals surface area contributed by atoms with Crippen molar-refractivity contribution in [3.63, 3.8) is 0 Å². The summed E-state index contributed by atoms with van der Waals surface area (Å²) in [6, 6.07) is 4.06. The molecule has 1 aliphatic heterocycles. The predicted molar refractivity (Wildman–Crippen MR) is 74.0 cm³/mol. The molecule has 1 aromatic rings. The zero-order valence-electron chi connectivity index (χ0n) is 8.87. The van der Waals surface area contributed by atoms with Crippen LogP contribution < -0.4 is 5.32 Å². The zero-order chi connectivity index (χ0) is 11.4. The topological polar surface area (TPSA) is 29.1 Å². The summed E-state index contributed by atoms with van der Waals surface area (Å²) in [4.78, 5) is 13.0. The summed E-state index contributed by atoms with van der Waals surface area (Å²) in [5.41, 5.74) is 0. The van der Waals surface area contributed by atoms with Gasteiger partial charge in [-0.1, -0.05) is 6.42 Å². The highest BCUT2D eigenvalue weighted by Crippen LogP contribution is 2.25. The fraction of sp³-hybridized carbons (Fsp3) is 0.545. The second-order valence-electron chi connectivity index (χ2n) is 3.78. The van der Waals surface area contributed by atoms with Crippen molar-refractivity contribution in [2.75, 3.05) is 5.75 Å². The molecular formula is C11H14BrNOS2. The van der Waals surface area contributed by atoms with Crippen LogP contribution in [0.1, 0.15) is 24.1 Å². The van der Waals surface area contributed by atoms with E-state index in [0.29, 0.717) is 6.54 Å². The third-order valence-electron chi connectivity index (χ3n) is 2.54. The van der Waals surface area contributed by atoms with Crippen LogP contribution in [-0.4, -0.2) is 16.9 Å². The van der Waals surface area contributed by atoms with Gasteiger partial charge in [-0.05, 0) is 46.7 Å². The first kappa shape index (κ1) is 12.5. The van der Waals surface area contributed by atoms with Crippen molar-refractivity contribution >= 4 is 44.9 Å². The molecule has 88 valence electrons. The van der Waals surface area contributed by atoms with E-state index in [1.807, 2.05) is 12.1 Å². The lowest BCUT2D eigenvalue weighted by Gasteiger charge is -2.20. The summed E-state index contributed by atoms with van der Waals surface area (Å²) in [5.74, 6) is 1.33. The normalized spacial score (nSPS) is 20.7. The number of nitrogens with one attached hydrogen (secondary N) is 1. The first-order valence-corrected chi connectivity index (χ1v) is 8.05. The van der Waals surface area contributed by atoms with Crippen molar-refractivity contribution in [1.29, 1.82) is 0 Å². The maximum absolute atomic E-state index is 11.8. The lowest BCUT2D eigenvalue weighted by Crippen LogP contribution is -2.33. The van der Waals surface area contributed by atoms with Gasteiger partial charge in [0.1, 0.15) is 0 Å². The molecule has 1 atom stereocenters. The Labute approximate surface area is 112 Å². The lowest BCUT2D eigenvalue weighted by atomic mass is 10.2. The highest BCUT2D eigenvalue weighted by atomic mass is 79.9. The molecule has 0 radical (unpaired) electrons. The first-order chi connectivity index (χ1) is 7.75. The number of rotatable bonds is 3. The van der Waals surface area contributed by atoms with Crippen molar-refractivity contribution in [2.24, 2.45) is 0 Å². The highest BCUT2D eigenvalue weighted by molar-refractivity contribution is 9.11. The molecule has 2 nitrogen and oxygen atoms in total. The Morgan fingerprint density at radius 2 is 2.38 bits per heavy atom. The molecule has 1 aromatic heterocycles. The van der Waals surface area contributed by atoms with Crippen LogP contribution in [0.5, 0.6) is 0 Å². The van der Waals surface area contributed by atoms with E-state index < -0.39 is 0 Å². The van der Waals surface area contributed by atoms with Gasteiger partial charge in [0.25, 0.3) is 0 Å². The summed E-state index contributed by atoms with van der Waals surface area (Å²) < 4.78 is 1.11. The molecule has 16 heavy (non-hydrogen) atoms. The van der Waals surface area contributed by atoms with Crippen molar-refractivity contribution in [3.05, 3.63) is 20.8 Å². The van der Waals surface area contributed by atoms with Gasteiger partial charge in [-0.15, -0.1) is 23.1 Å². The van der Waals surface area contributed by atoms with Gasteiger partial charge in [0, 0.05) is 4.88 Å². The Hall–Kier alpha value is -0.000000000000000111. The molecular weight excluding hydrogens is 306 g/mol. The zero-order valence-corrected chi connectivity index (χ0v) is 12.1. The van der Waals surface area contributed by atoms with Crippen LogP contribution in [0.25, 0.3) is 0 Å². The molecule has 1 amide bonds. The summed E-state index contributed by atoms with van der Waals surface area (Å²) in [6.45, 7) is 0.659. The van der Waals surface area contributed by atoms with Gasteiger partial charge >= 0.3 is 0 Å². The third-order valence-corrected chi connectivity index (χ3v) is 5.54. The number of thiophene rings is 1. The van der Waals surface area contributed by atoms with Crippen molar-refractivity contribution in [3.8, 4) is 0 Å². The average Bonchev–Trinajstić information content (AvgIpc) is 2.73. The number of hydrogen-bond donors (Lipinski definition) is 1. The second kappa shape index (κ2) is 6.07. The van der Waals surface area contributed by atoms with Crippen LogP contribution in [0.4, 0.5) is 0 Å². The maximum Gasteiger partial charge on any atom is 0.233 e. The Balaban J connectivity index is 1.78. The number of thioether (sulfide) groups is 1. The van der Waals surface area contributed by atoms with E-state index in [-0.39, 0.29) is 11.2 Å². The predicted octanol–water partition coefficient (Wildman–Crippen LogP) is 3.41. The Kier molecular flexibility index (Phi) is 4.73. The summed E-state index contributed by atoms with van der Waals surface area (Å²) in [7, 11) is 0. The second-order valence-corrected chi connectivity index (χ2v) is 7.64. The van der Waals surface area contributed by atoms with Crippen LogP contribution in [0.15, 0.2) is 15.9 Å². The number of carbonyl (C=O) groups excluding carboxylic acids is 1. The van der Waals surface area contributed by atoms with E-state index in [1.165, 1.54) is 17.7 Å².